The lowest BCUT2D eigenvalue weighted by atomic mass is 9.90. The first-order valence-electron chi connectivity index (χ1n) is 12.6. The van der Waals surface area contributed by atoms with E-state index in [0.717, 1.165) is 0 Å². The number of nitrogens with one attached hydrogen (secondary N) is 2. The Balaban J connectivity index is 0.000000265. The van der Waals surface area contributed by atoms with Crippen LogP contribution in [0, 0.1) is 0 Å². The van der Waals surface area contributed by atoms with Crippen LogP contribution in [0.4, 0.5) is 0 Å². The fourth-order valence-corrected chi connectivity index (χ4v) is 4.34. The van der Waals surface area contributed by atoms with Crippen LogP contribution in [-0.4, -0.2) is 22.2 Å². The molecule has 6 rings (SSSR count). The maximum absolute atomic E-state index is 12.9. The number of carboxylic acid groups (broad SMARTS) is 2. The van der Waals surface area contributed by atoms with Gasteiger partial charge >= 0.3 is 11.9 Å². The van der Waals surface area contributed by atoms with E-state index in [-0.39, 0.29) is 28.7 Å². The molecule has 2 heterocycles. The van der Waals surface area contributed by atoms with Crippen molar-refractivity contribution >= 4 is 33.5 Å². The Morgan fingerprint density at radius 2 is 0.927 bits per heavy atom. The smallest absolute Gasteiger partial charge is 0.335 e. The number of pyridine rings is 2. The molecule has 0 saturated heterocycles. The van der Waals surface area contributed by atoms with Crippen LogP contribution in [0.5, 0.6) is 11.5 Å². The van der Waals surface area contributed by atoms with Crippen LogP contribution < -0.4 is 20.2 Å². The molecule has 4 N–H and O–H groups in total. The summed E-state index contributed by atoms with van der Waals surface area (Å²) in [5.41, 5.74) is -0.453. The molecule has 0 saturated carbocycles. The van der Waals surface area contributed by atoms with Crippen LogP contribution in [0.2, 0.25) is 0 Å². The molecule has 0 atom stereocenters. The predicted molar refractivity (Wildman–Crippen MR) is 150 cm³/mol. The molecule has 0 spiro atoms. The SMILES string of the molecule is O=C(O)c1cc2ccccc2c(Cc2c([O-])c(C(=O)O)cc3ccccc23)c1[O-].c1cc[nH+]cc1.c1cc[nH+]cc1. The van der Waals surface area contributed by atoms with Crippen LogP contribution in [0.15, 0.2) is 122 Å². The zero-order valence-electron chi connectivity index (χ0n) is 21.8. The Morgan fingerprint density at radius 1 is 0.561 bits per heavy atom. The van der Waals surface area contributed by atoms with Gasteiger partial charge in [0.25, 0.3) is 0 Å². The Kier molecular flexibility index (Phi) is 9.20. The van der Waals surface area contributed by atoms with Gasteiger partial charge in [0.15, 0.2) is 24.8 Å². The minimum atomic E-state index is -1.35. The summed E-state index contributed by atoms with van der Waals surface area (Å²) in [4.78, 5) is 28.9. The fourth-order valence-electron chi connectivity index (χ4n) is 4.34. The number of rotatable bonds is 4. The summed E-state index contributed by atoms with van der Waals surface area (Å²) in [5, 5.41) is 46.8. The van der Waals surface area contributed by atoms with Gasteiger partial charge in [0.05, 0.1) is 11.1 Å². The molecule has 41 heavy (non-hydrogen) atoms. The van der Waals surface area contributed by atoms with Crippen molar-refractivity contribution in [3.8, 4) is 11.5 Å². The van der Waals surface area contributed by atoms with E-state index in [1.54, 1.807) is 48.5 Å². The third kappa shape index (κ3) is 6.82. The highest BCUT2D eigenvalue weighted by atomic mass is 16.4. The summed E-state index contributed by atoms with van der Waals surface area (Å²) in [7, 11) is 0. The molecule has 0 aliphatic heterocycles. The van der Waals surface area contributed by atoms with Crippen molar-refractivity contribution < 1.29 is 40.0 Å². The van der Waals surface area contributed by atoms with Gasteiger partial charge < -0.3 is 20.4 Å². The van der Waals surface area contributed by atoms with E-state index in [2.05, 4.69) is 9.97 Å². The van der Waals surface area contributed by atoms with Crippen molar-refractivity contribution in [2.45, 2.75) is 6.42 Å². The van der Waals surface area contributed by atoms with E-state index < -0.39 is 23.4 Å². The molecule has 4 aromatic carbocycles. The largest absolute Gasteiger partial charge is 0.872 e. The molecule has 0 bridgehead atoms. The number of benzene rings is 4. The average Bonchev–Trinajstić information content (AvgIpc) is 3.01. The molecule has 0 aliphatic carbocycles. The molecule has 0 aliphatic rings. The van der Waals surface area contributed by atoms with E-state index in [9.17, 15) is 30.0 Å². The minimum absolute atomic E-state index is 0.158. The van der Waals surface area contributed by atoms with Crippen LogP contribution in [0.3, 0.4) is 0 Å². The summed E-state index contributed by atoms with van der Waals surface area (Å²) in [6.45, 7) is 0. The molecule has 0 fully saturated rings. The van der Waals surface area contributed by atoms with Crippen molar-refractivity contribution in [3.63, 3.8) is 0 Å². The van der Waals surface area contributed by atoms with E-state index >= 15 is 0 Å². The summed E-state index contributed by atoms with van der Waals surface area (Å²) in [6.07, 6.45) is 7.33. The van der Waals surface area contributed by atoms with E-state index in [0.29, 0.717) is 21.5 Å². The number of aromatic amines is 2. The van der Waals surface area contributed by atoms with Crippen molar-refractivity contribution in [1.29, 1.82) is 0 Å². The standard InChI is InChI=1S/C23H16O6.2C5H5N/c24-20-16(14-7-3-1-5-12(14)9-18(20)22(26)27)11-17-15-8-4-2-6-13(15)10-19(21(17)25)23(28)29;2*1-2-4-6-5-3-1/h1-10,24-25H,11H2,(H,26,27)(H,28,29);2*1-5H. The van der Waals surface area contributed by atoms with Crippen molar-refractivity contribution in [2.24, 2.45) is 0 Å². The molecule has 0 radical (unpaired) electrons. The highest BCUT2D eigenvalue weighted by Gasteiger charge is 2.16. The van der Waals surface area contributed by atoms with E-state index in [4.69, 9.17) is 0 Å². The lowest BCUT2D eigenvalue weighted by molar-refractivity contribution is -0.378. The van der Waals surface area contributed by atoms with Crippen LogP contribution in [0.1, 0.15) is 31.8 Å². The summed E-state index contributed by atoms with van der Waals surface area (Å²) in [6, 6.07) is 28.0. The predicted octanol–water partition coefficient (Wildman–Crippen LogP) is 4.13. The third-order valence-corrected chi connectivity index (χ3v) is 6.24. The van der Waals surface area contributed by atoms with Gasteiger partial charge in [0, 0.05) is 24.3 Å². The van der Waals surface area contributed by atoms with Gasteiger partial charge in [-0.1, -0.05) is 72.2 Å². The minimum Gasteiger partial charge on any atom is -0.872 e. The van der Waals surface area contributed by atoms with Crippen molar-refractivity contribution in [2.75, 3.05) is 0 Å². The Hall–Kier alpha value is -5.76. The van der Waals surface area contributed by atoms with Gasteiger partial charge in [-0.25, -0.2) is 19.6 Å². The van der Waals surface area contributed by atoms with Gasteiger partial charge in [-0.2, -0.15) is 0 Å². The van der Waals surface area contributed by atoms with Crippen LogP contribution >= 0.6 is 0 Å². The molecule has 0 unspecified atom stereocenters. The normalized spacial score (nSPS) is 10.1. The molecule has 8 nitrogen and oxygen atoms in total. The van der Waals surface area contributed by atoms with Gasteiger partial charge in [-0.3, -0.25) is 0 Å². The zero-order valence-corrected chi connectivity index (χ0v) is 21.8. The summed E-state index contributed by atoms with van der Waals surface area (Å²) >= 11 is 0. The highest BCUT2D eigenvalue weighted by molar-refractivity contribution is 6.02. The summed E-state index contributed by atoms with van der Waals surface area (Å²) in [5.74, 6) is -4.07. The second-order valence-electron chi connectivity index (χ2n) is 8.85. The maximum Gasteiger partial charge on any atom is 0.335 e. The first kappa shape index (κ1) is 28.3. The number of H-pyrrole nitrogens is 2. The molecule has 8 heteroatoms. The van der Waals surface area contributed by atoms with Crippen LogP contribution in [0.25, 0.3) is 21.5 Å². The quantitative estimate of drug-likeness (QED) is 0.340. The Bertz CT molecular complexity index is 1610. The lowest BCUT2D eigenvalue weighted by Crippen LogP contribution is -2.11. The van der Waals surface area contributed by atoms with E-state index in [1.165, 1.54) is 12.1 Å². The molecule has 204 valence electrons. The molecular formula is C33H26N2O6. The monoisotopic (exact) mass is 546 g/mol. The molecular weight excluding hydrogens is 520 g/mol. The first-order chi connectivity index (χ1) is 19.9. The second kappa shape index (κ2) is 13.3. The number of aromatic nitrogens is 2. The third-order valence-electron chi connectivity index (χ3n) is 6.24. The van der Waals surface area contributed by atoms with Crippen LogP contribution in [-0.2, 0) is 6.42 Å². The molecule has 2 aromatic heterocycles. The van der Waals surface area contributed by atoms with E-state index in [1.807, 2.05) is 61.2 Å². The van der Waals surface area contributed by atoms with Crippen molar-refractivity contribution in [3.05, 3.63) is 144 Å². The number of fused-ring (bicyclic) bond motifs is 2. The second-order valence-corrected chi connectivity index (χ2v) is 8.85. The number of hydrogen-bond acceptors (Lipinski definition) is 4. The number of carboxylic acids is 2. The summed E-state index contributed by atoms with van der Waals surface area (Å²) < 4.78 is 0. The number of hydrogen-bond donors (Lipinski definition) is 2. The topological polar surface area (TPSA) is 149 Å². The van der Waals surface area contributed by atoms with Gasteiger partial charge in [0.2, 0.25) is 0 Å². The first-order valence-corrected chi connectivity index (χ1v) is 12.6. The van der Waals surface area contributed by atoms with Gasteiger partial charge in [-0.15, -0.1) is 0 Å². The number of aromatic carboxylic acids is 2. The average molecular weight is 547 g/mol. The lowest BCUT2D eigenvalue weighted by Gasteiger charge is -2.24. The maximum atomic E-state index is 12.9. The Morgan fingerprint density at radius 3 is 1.22 bits per heavy atom. The van der Waals surface area contributed by atoms with Crippen molar-refractivity contribution in [1.82, 2.24) is 0 Å². The van der Waals surface area contributed by atoms with Gasteiger partial charge in [-0.05, 0) is 51.2 Å². The molecule has 0 amide bonds. The zero-order chi connectivity index (χ0) is 29.2. The highest BCUT2D eigenvalue weighted by Crippen LogP contribution is 2.36. The fraction of sp³-hybridized carbons (Fsp3) is 0.0303. The Labute approximate surface area is 235 Å². The number of carbonyl (C=O) groups is 2. The molecule has 6 aromatic rings. The van der Waals surface area contributed by atoms with Gasteiger partial charge in [0.1, 0.15) is 0 Å².